The molecule has 2 aromatic rings. The highest BCUT2D eigenvalue weighted by Crippen LogP contribution is 2.09. The Morgan fingerprint density at radius 1 is 1.24 bits per heavy atom. The van der Waals surface area contributed by atoms with Crippen molar-refractivity contribution in [1.29, 1.82) is 0 Å². The highest BCUT2D eigenvalue weighted by molar-refractivity contribution is 5.79. The van der Waals surface area contributed by atoms with Gasteiger partial charge in [-0.05, 0) is 12.1 Å². The Labute approximate surface area is 97.1 Å². The van der Waals surface area contributed by atoms with Gasteiger partial charge in [0.15, 0.2) is 0 Å². The summed E-state index contributed by atoms with van der Waals surface area (Å²) in [5.41, 5.74) is 0.556. The van der Waals surface area contributed by atoms with E-state index in [-0.39, 0.29) is 18.0 Å². The van der Waals surface area contributed by atoms with E-state index < -0.39 is 0 Å². The van der Waals surface area contributed by atoms with Gasteiger partial charge in [0.25, 0.3) is 5.56 Å². The van der Waals surface area contributed by atoms with Gasteiger partial charge in [0, 0.05) is 13.0 Å². The van der Waals surface area contributed by atoms with E-state index in [1.54, 1.807) is 12.1 Å². The lowest BCUT2D eigenvalue weighted by Gasteiger charge is -2.08. The summed E-state index contributed by atoms with van der Waals surface area (Å²) >= 11 is 0. The third kappa shape index (κ3) is 1.60. The van der Waals surface area contributed by atoms with Crippen LogP contribution in [0.1, 0.15) is 5.82 Å². The molecular formula is C12H11N3O2. The van der Waals surface area contributed by atoms with Crippen molar-refractivity contribution in [3.8, 4) is 0 Å². The van der Waals surface area contributed by atoms with Crippen LogP contribution in [0.15, 0.2) is 29.1 Å². The summed E-state index contributed by atoms with van der Waals surface area (Å²) in [6, 6.07) is 7.21. The Morgan fingerprint density at radius 2 is 2.06 bits per heavy atom. The number of para-hydroxylation sites is 1. The summed E-state index contributed by atoms with van der Waals surface area (Å²) < 4.78 is 1.46. The molecule has 2 heterocycles. The molecule has 3 rings (SSSR count). The standard InChI is InChI=1S/C12H11N3O2/c16-11-7-15-10(5-6-13-11)14-9-4-2-1-3-8(9)12(15)17/h1-4H,5-7H2,(H,13,16). The highest BCUT2D eigenvalue weighted by atomic mass is 16.2. The molecule has 0 spiro atoms. The number of rotatable bonds is 0. The zero-order valence-electron chi connectivity index (χ0n) is 9.14. The van der Waals surface area contributed by atoms with Crippen molar-refractivity contribution < 1.29 is 4.79 Å². The maximum Gasteiger partial charge on any atom is 0.261 e. The Bertz CT molecular complexity index is 660. The smallest absolute Gasteiger partial charge is 0.261 e. The number of amides is 1. The van der Waals surface area contributed by atoms with E-state index in [4.69, 9.17) is 0 Å². The van der Waals surface area contributed by atoms with Crippen molar-refractivity contribution in [3.63, 3.8) is 0 Å². The Morgan fingerprint density at radius 3 is 2.94 bits per heavy atom. The van der Waals surface area contributed by atoms with Crippen LogP contribution in [0.4, 0.5) is 0 Å². The normalized spacial score (nSPS) is 15.2. The molecule has 0 aliphatic carbocycles. The van der Waals surface area contributed by atoms with E-state index in [9.17, 15) is 9.59 Å². The first-order chi connectivity index (χ1) is 8.25. The van der Waals surface area contributed by atoms with Gasteiger partial charge in [-0.25, -0.2) is 4.98 Å². The topological polar surface area (TPSA) is 64.0 Å². The van der Waals surface area contributed by atoms with Crippen molar-refractivity contribution in [2.45, 2.75) is 13.0 Å². The Balaban J connectivity index is 2.33. The van der Waals surface area contributed by atoms with Gasteiger partial charge in [0.05, 0.1) is 10.9 Å². The summed E-state index contributed by atoms with van der Waals surface area (Å²) in [7, 11) is 0. The van der Waals surface area contributed by atoms with E-state index in [0.29, 0.717) is 29.7 Å². The van der Waals surface area contributed by atoms with Crippen molar-refractivity contribution in [2.24, 2.45) is 0 Å². The minimum Gasteiger partial charge on any atom is -0.354 e. The molecule has 1 aliphatic rings. The fraction of sp³-hybridized carbons (Fsp3) is 0.250. The molecule has 0 bridgehead atoms. The van der Waals surface area contributed by atoms with E-state index in [2.05, 4.69) is 10.3 Å². The van der Waals surface area contributed by atoms with Crippen molar-refractivity contribution in [2.75, 3.05) is 6.54 Å². The number of nitrogens with zero attached hydrogens (tertiary/aromatic N) is 2. The molecule has 0 saturated heterocycles. The Hall–Kier alpha value is -2.17. The molecule has 0 saturated carbocycles. The van der Waals surface area contributed by atoms with E-state index in [1.165, 1.54) is 4.57 Å². The predicted octanol–water partition coefficient (Wildman–Crippen LogP) is 0.0688. The lowest BCUT2D eigenvalue weighted by atomic mass is 10.2. The number of aromatic nitrogens is 2. The summed E-state index contributed by atoms with van der Waals surface area (Å²) in [5.74, 6) is 0.537. The first-order valence-electron chi connectivity index (χ1n) is 5.51. The number of nitrogens with one attached hydrogen (secondary N) is 1. The monoisotopic (exact) mass is 229 g/mol. The van der Waals surface area contributed by atoms with Crippen molar-refractivity contribution in [1.82, 2.24) is 14.9 Å². The van der Waals surface area contributed by atoms with Gasteiger partial charge < -0.3 is 5.32 Å². The molecule has 86 valence electrons. The fourth-order valence-corrected chi connectivity index (χ4v) is 2.08. The van der Waals surface area contributed by atoms with Gasteiger partial charge in [-0.2, -0.15) is 0 Å². The van der Waals surface area contributed by atoms with Gasteiger partial charge >= 0.3 is 0 Å². The first kappa shape index (κ1) is 10.0. The summed E-state index contributed by atoms with van der Waals surface area (Å²) in [5, 5.41) is 3.30. The number of fused-ring (bicyclic) bond motifs is 2. The summed E-state index contributed by atoms with van der Waals surface area (Å²) in [4.78, 5) is 28.1. The van der Waals surface area contributed by atoms with Crippen LogP contribution in [0.3, 0.4) is 0 Å². The second-order valence-corrected chi connectivity index (χ2v) is 4.04. The third-order valence-electron chi connectivity index (χ3n) is 2.91. The van der Waals surface area contributed by atoms with Crippen LogP contribution in [-0.2, 0) is 17.8 Å². The number of carbonyl (C=O) groups is 1. The van der Waals surface area contributed by atoms with Crippen LogP contribution >= 0.6 is 0 Å². The second kappa shape index (κ2) is 3.69. The van der Waals surface area contributed by atoms with Gasteiger partial charge in [0.1, 0.15) is 12.4 Å². The number of benzene rings is 1. The number of carbonyl (C=O) groups excluding carboxylic acids is 1. The average Bonchev–Trinajstić information content (AvgIpc) is 2.51. The largest absolute Gasteiger partial charge is 0.354 e. The zero-order valence-corrected chi connectivity index (χ0v) is 9.14. The molecule has 1 amide bonds. The van der Waals surface area contributed by atoms with Gasteiger partial charge in [-0.15, -0.1) is 0 Å². The van der Waals surface area contributed by atoms with E-state index in [0.717, 1.165) is 0 Å². The van der Waals surface area contributed by atoms with Crippen LogP contribution in [-0.4, -0.2) is 22.0 Å². The molecule has 5 heteroatoms. The fourth-order valence-electron chi connectivity index (χ4n) is 2.08. The predicted molar refractivity (Wildman–Crippen MR) is 62.7 cm³/mol. The highest BCUT2D eigenvalue weighted by Gasteiger charge is 2.16. The lowest BCUT2D eigenvalue weighted by Crippen LogP contribution is -2.30. The Kier molecular flexibility index (Phi) is 2.18. The van der Waals surface area contributed by atoms with Crippen LogP contribution < -0.4 is 10.9 Å². The average molecular weight is 229 g/mol. The third-order valence-corrected chi connectivity index (χ3v) is 2.91. The van der Waals surface area contributed by atoms with Gasteiger partial charge in [0.2, 0.25) is 5.91 Å². The van der Waals surface area contributed by atoms with E-state index in [1.807, 2.05) is 12.1 Å². The molecule has 1 aliphatic heterocycles. The molecule has 17 heavy (non-hydrogen) atoms. The van der Waals surface area contributed by atoms with Crippen molar-refractivity contribution in [3.05, 3.63) is 40.4 Å². The molecule has 5 nitrogen and oxygen atoms in total. The van der Waals surface area contributed by atoms with Crippen LogP contribution in [0.5, 0.6) is 0 Å². The van der Waals surface area contributed by atoms with E-state index >= 15 is 0 Å². The number of hydrogen-bond acceptors (Lipinski definition) is 3. The molecule has 0 fully saturated rings. The minimum atomic E-state index is -0.136. The molecule has 0 radical (unpaired) electrons. The maximum atomic E-state index is 12.2. The molecule has 0 unspecified atom stereocenters. The van der Waals surface area contributed by atoms with Gasteiger partial charge in [-0.3, -0.25) is 14.2 Å². The quantitative estimate of drug-likeness (QED) is 0.695. The van der Waals surface area contributed by atoms with Crippen LogP contribution in [0.2, 0.25) is 0 Å². The maximum absolute atomic E-state index is 12.2. The van der Waals surface area contributed by atoms with Crippen LogP contribution in [0, 0.1) is 0 Å². The van der Waals surface area contributed by atoms with Gasteiger partial charge in [-0.1, -0.05) is 12.1 Å². The first-order valence-corrected chi connectivity index (χ1v) is 5.51. The summed E-state index contributed by atoms with van der Waals surface area (Å²) in [6.07, 6.45) is 0.589. The zero-order chi connectivity index (χ0) is 11.8. The molecular weight excluding hydrogens is 218 g/mol. The summed E-state index contributed by atoms with van der Waals surface area (Å²) in [6.45, 7) is 0.593. The molecule has 0 atom stereocenters. The molecule has 1 N–H and O–H groups in total. The number of hydrogen-bond donors (Lipinski definition) is 1. The second-order valence-electron chi connectivity index (χ2n) is 4.04. The molecule has 1 aromatic carbocycles. The van der Waals surface area contributed by atoms with Crippen LogP contribution in [0.25, 0.3) is 10.9 Å². The van der Waals surface area contributed by atoms with Crippen molar-refractivity contribution >= 4 is 16.8 Å². The molecule has 1 aromatic heterocycles. The SMILES string of the molecule is O=C1Cn2c(nc3ccccc3c2=O)CCN1. The minimum absolute atomic E-state index is 0.0615. The lowest BCUT2D eigenvalue weighted by molar-refractivity contribution is -0.121.